The predicted octanol–water partition coefficient (Wildman–Crippen LogP) is 2.19. The summed E-state index contributed by atoms with van der Waals surface area (Å²) in [6.45, 7) is 0. The van der Waals surface area contributed by atoms with Gasteiger partial charge < -0.3 is 13.7 Å². The summed E-state index contributed by atoms with van der Waals surface area (Å²) in [5, 5.41) is 0. The van der Waals surface area contributed by atoms with E-state index in [9.17, 15) is 38.9 Å². The fourth-order valence-electron chi connectivity index (χ4n) is 2.34. The summed E-state index contributed by atoms with van der Waals surface area (Å²) >= 11 is 0. The smallest absolute Gasteiger partial charge is 0.748 e. The van der Waals surface area contributed by atoms with Crippen LogP contribution in [-0.2, 0) is 67.1 Å². The third-order valence-electron chi connectivity index (χ3n) is 3.56. The zero-order valence-electron chi connectivity index (χ0n) is 17.5. The molecule has 13 heteroatoms. The molecule has 0 heterocycles. The van der Waals surface area contributed by atoms with Crippen molar-refractivity contribution in [2.24, 2.45) is 0 Å². The average molecular weight is 615 g/mol. The van der Waals surface area contributed by atoms with Gasteiger partial charge in [0.05, 0.1) is 47.6 Å². The van der Waals surface area contributed by atoms with Crippen LogP contribution in [0.1, 0.15) is 16.7 Å². The van der Waals surface area contributed by atoms with E-state index in [2.05, 4.69) is 0 Å². The van der Waals surface area contributed by atoms with E-state index < -0.39 is 47.6 Å². The van der Waals surface area contributed by atoms with Crippen LogP contribution in [0.25, 0.3) is 0 Å². The Bertz CT molecular complexity index is 1120. The third-order valence-corrected chi connectivity index (χ3v) is 5.62. The van der Waals surface area contributed by atoms with Gasteiger partial charge in [-0.05, 0) is 16.7 Å². The zero-order chi connectivity index (χ0) is 25.0. The van der Waals surface area contributed by atoms with Gasteiger partial charge in [0, 0.05) is 0 Å². The van der Waals surface area contributed by atoms with Gasteiger partial charge in [0.25, 0.3) is 0 Å². The standard InChI is InChI=1S/3C7H8O3S.Ru/c3*8-11(9,10)6-7-4-2-1-3-5-7;/h3*1-5H,6H2,(H,8,9,10);/q;;;+3/p-3. The van der Waals surface area contributed by atoms with Gasteiger partial charge in [-0.2, -0.15) is 0 Å². The van der Waals surface area contributed by atoms with Crippen LogP contribution in [-0.4, -0.2) is 38.9 Å². The first-order valence-electron chi connectivity index (χ1n) is 9.16. The Labute approximate surface area is 212 Å². The van der Waals surface area contributed by atoms with Crippen molar-refractivity contribution in [3.8, 4) is 0 Å². The molecule has 34 heavy (non-hydrogen) atoms. The van der Waals surface area contributed by atoms with Crippen LogP contribution in [0.5, 0.6) is 0 Å². The first-order chi connectivity index (χ1) is 15.2. The largest absolute Gasteiger partial charge is 3.00 e. The Morgan fingerprint density at radius 1 is 0.412 bits per heavy atom. The molecule has 0 N–H and O–H groups in total. The minimum absolute atomic E-state index is 0. The molecule has 3 rings (SSSR count). The number of hydrogen-bond donors (Lipinski definition) is 0. The van der Waals surface area contributed by atoms with E-state index in [1.165, 1.54) is 0 Å². The van der Waals surface area contributed by atoms with Crippen LogP contribution in [0.4, 0.5) is 0 Å². The minimum Gasteiger partial charge on any atom is -0.748 e. The van der Waals surface area contributed by atoms with Crippen molar-refractivity contribution in [2.45, 2.75) is 17.3 Å². The van der Waals surface area contributed by atoms with Crippen molar-refractivity contribution in [1.82, 2.24) is 0 Å². The van der Waals surface area contributed by atoms with Gasteiger partial charge in [-0.25, -0.2) is 25.3 Å². The van der Waals surface area contributed by atoms with E-state index in [4.69, 9.17) is 0 Å². The van der Waals surface area contributed by atoms with Crippen molar-refractivity contribution in [3.05, 3.63) is 108 Å². The average Bonchev–Trinajstić information content (AvgIpc) is 2.67. The third kappa shape index (κ3) is 18.4. The van der Waals surface area contributed by atoms with E-state index >= 15 is 0 Å². The van der Waals surface area contributed by atoms with Gasteiger partial charge in [0.2, 0.25) is 0 Å². The molecule has 9 nitrogen and oxygen atoms in total. The molecule has 3 aromatic carbocycles. The van der Waals surface area contributed by atoms with Crippen molar-refractivity contribution in [3.63, 3.8) is 0 Å². The number of hydrogen-bond acceptors (Lipinski definition) is 9. The van der Waals surface area contributed by atoms with Gasteiger partial charge >= 0.3 is 19.5 Å². The first kappa shape index (κ1) is 32.0. The maximum Gasteiger partial charge on any atom is 3.00 e. The summed E-state index contributed by atoms with van der Waals surface area (Å²) in [5.41, 5.74) is 1.59. The van der Waals surface area contributed by atoms with Crippen molar-refractivity contribution in [2.75, 3.05) is 0 Å². The summed E-state index contributed by atoms with van der Waals surface area (Å²) in [7, 11) is -12.4. The molecular weight excluding hydrogens is 593 g/mol. The second-order valence-corrected chi connectivity index (χ2v) is 10.8. The molecule has 0 aliphatic heterocycles. The van der Waals surface area contributed by atoms with Crippen molar-refractivity contribution in [1.29, 1.82) is 0 Å². The van der Waals surface area contributed by atoms with Crippen molar-refractivity contribution < 1.29 is 58.4 Å². The summed E-state index contributed by atoms with van der Waals surface area (Å²) in [6, 6.07) is 25.1. The molecule has 0 bridgehead atoms. The van der Waals surface area contributed by atoms with E-state index in [0.29, 0.717) is 16.7 Å². The van der Waals surface area contributed by atoms with Crippen LogP contribution < -0.4 is 0 Å². The van der Waals surface area contributed by atoms with Gasteiger partial charge in [-0.3, -0.25) is 0 Å². The molecule has 0 saturated carbocycles. The summed E-state index contributed by atoms with van der Waals surface area (Å²) in [5.74, 6) is -1.27. The zero-order valence-corrected chi connectivity index (χ0v) is 21.7. The molecule has 0 aliphatic carbocycles. The SMILES string of the molecule is O=S(=O)([O-])Cc1ccccc1.O=S(=O)([O-])Cc1ccccc1.O=S(=O)([O-])Cc1ccccc1.[Ru+3]. The molecule has 3 aromatic rings. The monoisotopic (exact) mass is 615 g/mol. The molecule has 0 aromatic heterocycles. The van der Waals surface area contributed by atoms with Gasteiger partial charge in [-0.1, -0.05) is 91.0 Å². The molecule has 1 radical (unpaired) electrons. The second kappa shape index (κ2) is 15.1. The van der Waals surface area contributed by atoms with Crippen LogP contribution >= 0.6 is 0 Å². The molecular formula is C21H21O9RuS3. The maximum absolute atomic E-state index is 10.2. The van der Waals surface area contributed by atoms with Crippen LogP contribution in [0, 0.1) is 0 Å². The second-order valence-electron chi connectivity index (χ2n) is 6.56. The topological polar surface area (TPSA) is 172 Å². The Balaban J connectivity index is 0.000000473. The van der Waals surface area contributed by atoms with Crippen molar-refractivity contribution >= 4 is 30.4 Å². The van der Waals surface area contributed by atoms with Gasteiger partial charge in [0.1, 0.15) is 0 Å². The van der Waals surface area contributed by atoms with E-state index in [-0.39, 0.29) is 19.5 Å². The van der Waals surface area contributed by atoms with Crippen LogP contribution in [0.15, 0.2) is 91.0 Å². The van der Waals surface area contributed by atoms with Crippen LogP contribution in [0.3, 0.4) is 0 Å². The van der Waals surface area contributed by atoms with E-state index in [0.717, 1.165) is 0 Å². The molecule has 0 amide bonds. The quantitative estimate of drug-likeness (QED) is 0.298. The molecule has 0 unspecified atom stereocenters. The maximum atomic E-state index is 10.2. The minimum atomic E-state index is -4.13. The number of benzene rings is 3. The Kier molecular flexibility index (Phi) is 14.2. The Hall–Kier alpha value is -1.99. The van der Waals surface area contributed by atoms with E-state index in [1.54, 1.807) is 91.0 Å². The van der Waals surface area contributed by atoms with Gasteiger partial charge in [-0.15, -0.1) is 0 Å². The Morgan fingerprint density at radius 3 is 0.735 bits per heavy atom. The van der Waals surface area contributed by atoms with Gasteiger partial charge in [0.15, 0.2) is 0 Å². The molecule has 0 aliphatic rings. The molecule has 0 saturated heterocycles. The fourth-order valence-corrected chi connectivity index (χ4v) is 4.14. The molecule has 0 fully saturated rings. The molecule has 0 atom stereocenters. The van der Waals surface area contributed by atoms with E-state index in [1.807, 2.05) is 0 Å². The first-order valence-corrected chi connectivity index (χ1v) is 13.9. The predicted molar refractivity (Wildman–Crippen MR) is 120 cm³/mol. The van der Waals surface area contributed by atoms with Crippen LogP contribution in [0.2, 0.25) is 0 Å². The normalized spacial score (nSPS) is 11.0. The number of rotatable bonds is 6. The molecule has 0 spiro atoms. The Morgan fingerprint density at radius 2 is 0.588 bits per heavy atom. The summed E-state index contributed by atoms with van der Waals surface area (Å²) in [6.07, 6.45) is 0. The summed E-state index contributed by atoms with van der Waals surface area (Å²) in [4.78, 5) is 0. The fraction of sp³-hybridized carbons (Fsp3) is 0.143. The molecule has 185 valence electrons. The summed E-state index contributed by atoms with van der Waals surface area (Å²) < 4.78 is 92.2.